The fourth-order valence-corrected chi connectivity index (χ4v) is 1.31. The molecule has 0 radical (unpaired) electrons. The molecule has 0 aliphatic rings. The van der Waals surface area contributed by atoms with Crippen molar-refractivity contribution in [3.8, 4) is 0 Å². The van der Waals surface area contributed by atoms with Gasteiger partial charge in [0.05, 0.1) is 12.6 Å². The zero-order valence-corrected chi connectivity index (χ0v) is 8.91. The largest absolute Gasteiger partial charge is 0.390 e. The van der Waals surface area contributed by atoms with Crippen LogP contribution in [0.3, 0.4) is 0 Å². The standard InChI is InChI=1S/C8H12ClN3O3/c1-10-2-5(13)3-12-4-6(9)7(14)11-8(12)15/h4-5,10,13H,2-3H2,1H3,(H,11,14,15). The van der Waals surface area contributed by atoms with Crippen LogP contribution in [-0.2, 0) is 6.54 Å². The average molecular weight is 234 g/mol. The monoisotopic (exact) mass is 233 g/mol. The van der Waals surface area contributed by atoms with Gasteiger partial charge in [-0.25, -0.2) is 4.79 Å². The fourth-order valence-electron chi connectivity index (χ4n) is 1.15. The van der Waals surface area contributed by atoms with Crippen LogP contribution in [0.5, 0.6) is 0 Å². The van der Waals surface area contributed by atoms with Crippen molar-refractivity contribution in [1.82, 2.24) is 14.9 Å². The molecule has 1 atom stereocenters. The SMILES string of the molecule is CNCC(O)Cn1cc(Cl)c(=O)[nH]c1=O. The van der Waals surface area contributed by atoms with Crippen molar-refractivity contribution in [3.63, 3.8) is 0 Å². The number of hydrogen-bond acceptors (Lipinski definition) is 4. The number of likely N-dealkylation sites (N-methyl/N-ethyl adjacent to an activating group) is 1. The highest BCUT2D eigenvalue weighted by Gasteiger charge is 2.07. The van der Waals surface area contributed by atoms with Gasteiger partial charge in [-0.2, -0.15) is 0 Å². The van der Waals surface area contributed by atoms with Crippen molar-refractivity contribution in [2.24, 2.45) is 0 Å². The Kier molecular flexibility index (Phi) is 4.07. The van der Waals surface area contributed by atoms with E-state index in [1.165, 1.54) is 6.20 Å². The van der Waals surface area contributed by atoms with Crippen LogP contribution in [0.1, 0.15) is 0 Å². The van der Waals surface area contributed by atoms with Crippen LogP contribution >= 0.6 is 11.6 Å². The summed E-state index contributed by atoms with van der Waals surface area (Å²) in [5.74, 6) is 0. The number of aromatic nitrogens is 2. The number of halogens is 1. The molecule has 0 saturated carbocycles. The van der Waals surface area contributed by atoms with Crippen LogP contribution in [0.4, 0.5) is 0 Å². The first kappa shape index (κ1) is 12.0. The number of aliphatic hydroxyl groups excluding tert-OH is 1. The molecule has 0 spiro atoms. The normalized spacial score (nSPS) is 12.7. The average Bonchev–Trinajstić information content (AvgIpc) is 2.14. The van der Waals surface area contributed by atoms with Gasteiger partial charge in [0.1, 0.15) is 5.02 Å². The maximum absolute atomic E-state index is 11.2. The van der Waals surface area contributed by atoms with Crippen LogP contribution in [-0.4, -0.2) is 34.4 Å². The van der Waals surface area contributed by atoms with E-state index < -0.39 is 17.4 Å². The quantitative estimate of drug-likeness (QED) is 0.608. The molecular weight excluding hydrogens is 222 g/mol. The Morgan fingerprint density at radius 3 is 2.93 bits per heavy atom. The van der Waals surface area contributed by atoms with Crippen LogP contribution in [0, 0.1) is 0 Å². The first-order chi connectivity index (χ1) is 7.04. The lowest BCUT2D eigenvalue weighted by molar-refractivity contribution is 0.152. The molecule has 3 N–H and O–H groups in total. The Hall–Kier alpha value is -1.11. The summed E-state index contributed by atoms with van der Waals surface area (Å²) in [6.07, 6.45) is 0.497. The molecule has 84 valence electrons. The van der Waals surface area contributed by atoms with Crippen molar-refractivity contribution >= 4 is 11.6 Å². The molecule has 0 aromatic carbocycles. The zero-order valence-electron chi connectivity index (χ0n) is 8.16. The van der Waals surface area contributed by atoms with E-state index in [9.17, 15) is 14.7 Å². The molecule has 6 nitrogen and oxygen atoms in total. The highest BCUT2D eigenvalue weighted by molar-refractivity contribution is 6.30. The third-order valence-electron chi connectivity index (χ3n) is 1.81. The fraction of sp³-hybridized carbons (Fsp3) is 0.500. The van der Waals surface area contributed by atoms with Crippen LogP contribution in [0.15, 0.2) is 15.8 Å². The lowest BCUT2D eigenvalue weighted by atomic mass is 10.3. The summed E-state index contributed by atoms with van der Waals surface area (Å²) in [6.45, 7) is 0.430. The molecule has 15 heavy (non-hydrogen) atoms. The summed E-state index contributed by atoms with van der Waals surface area (Å²) in [5.41, 5.74) is -1.21. The third kappa shape index (κ3) is 3.19. The van der Waals surface area contributed by atoms with E-state index in [4.69, 9.17) is 11.6 Å². The van der Waals surface area contributed by atoms with E-state index in [0.29, 0.717) is 6.54 Å². The Labute approximate surface area is 90.5 Å². The van der Waals surface area contributed by atoms with Gasteiger partial charge in [0.2, 0.25) is 0 Å². The first-order valence-corrected chi connectivity index (χ1v) is 4.74. The van der Waals surface area contributed by atoms with Gasteiger partial charge in [0.25, 0.3) is 5.56 Å². The van der Waals surface area contributed by atoms with Crippen LogP contribution < -0.4 is 16.6 Å². The minimum absolute atomic E-state index is 0.0775. The number of hydrogen-bond donors (Lipinski definition) is 3. The molecule has 0 aliphatic carbocycles. The third-order valence-corrected chi connectivity index (χ3v) is 2.08. The second kappa shape index (κ2) is 5.11. The predicted octanol–water partition coefficient (Wildman–Crippen LogP) is -1.23. The minimum atomic E-state index is -0.713. The number of nitrogens with zero attached hydrogens (tertiary/aromatic N) is 1. The molecule has 1 aromatic heterocycles. The zero-order chi connectivity index (χ0) is 11.4. The van der Waals surface area contributed by atoms with E-state index in [0.717, 1.165) is 4.57 Å². The Balaban J connectivity index is 2.91. The molecule has 0 amide bonds. The number of aliphatic hydroxyl groups is 1. The first-order valence-electron chi connectivity index (χ1n) is 4.36. The van der Waals surface area contributed by atoms with Crippen molar-refractivity contribution < 1.29 is 5.11 Å². The Morgan fingerprint density at radius 1 is 1.67 bits per heavy atom. The van der Waals surface area contributed by atoms with Gasteiger partial charge >= 0.3 is 5.69 Å². The van der Waals surface area contributed by atoms with Gasteiger partial charge < -0.3 is 10.4 Å². The lowest BCUT2D eigenvalue weighted by Gasteiger charge is -2.11. The molecule has 1 heterocycles. The maximum Gasteiger partial charge on any atom is 0.328 e. The molecule has 1 rings (SSSR count). The van der Waals surface area contributed by atoms with Crippen molar-refractivity contribution in [2.75, 3.05) is 13.6 Å². The van der Waals surface area contributed by atoms with Crippen molar-refractivity contribution in [1.29, 1.82) is 0 Å². The number of nitrogens with one attached hydrogen (secondary N) is 2. The topological polar surface area (TPSA) is 87.1 Å². The van der Waals surface area contributed by atoms with E-state index in [1.807, 2.05) is 4.98 Å². The minimum Gasteiger partial charge on any atom is -0.390 e. The van der Waals surface area contributed by atoms with Gasteiger partial charge in [-0.05, 0) is 7.05 Å². The molecule has 1 aromatic rings. The molecule has 0 bridgehead atoms. The summed E-state index contributed by atoms with van der Waals surface area (Å²) < 4.78 is 1.16. The number of H-pyrrole nitrogens is 1. The summed E-state index contributed by atoms with van der Waals surface area (Å²) in [7, 11) is 1.69. The molecule has 0 saturated heterocycles. The van der Waals surface area contributed by atoms with Crippen molar-refractivity contribution in [3.05, 3.63) is 32.1 Å². The summed E-state index contributed by atoms with van der Waals surface area (Å²) >= 11 is 5.55. The molecule has 7 heteroatoms. The highest BCUT2D eigenvalue weighted by atomic mass is 35.5. The summed E-state index contributed by atoms with van der Waals surface area (Å²) in [6, 6.07) is 0. The van der Waals surface area contributed by atoms with Crippen LogP contribution in [0.25, 0.3) is 0 Å². The van der Waals surface area contributed by atoms with Gasteiger partial charge in [-0.3, -0.25) is 14.3 Å². The van der Waals surface area contributed by atoms with E-state index in [-0.39, 0.29) is 11.6 Å². The molecular formula is C8H12ClN3O3. The van der Waals surface area contributed by atoms with Gasteiger partial charge in [-0.15, -0.1) is 0 Å². The molecule has 0 aliphatic heterocycles. The second-order valence-corrected chi connectivity index (χ2v) is 3.51. The number of aromatic amines is 1. The van der Waals surface area contributed by atoms with E-state index in [1.54, 1.807) is 7.05 Å². The Bertz CT molecular complexity index is 439. The van der Waals surface area contributed by atoms with Gasteiger partial charge in [0, 0.05) is 12.7 Å². The van der Waals surface area contributed by atoms with Gasteiger partial charge in [-0.1, -0.05) is 11.6 Å². The molecule has 0 fully saturated rings. The van der Waals surface area contributed by atoms with Crippen LogP contribution in [0.2, 0.25) is 5.02 Å². The second-order valence-electron chi connectivity index (χ2n) is 3.10. The van der Waals surface area contributed by atoms with Crippen molar-refractivity contribution in [2.45, 2.75) is 12.6 Å². The number of rotatable bonds is 4. The predicted molar refractivity (Wildman–Crippen MR) is 56.3 cm³/mol. The molecule has 1 unspecified atom stereocenters. The summed E-state index contributed by atoms with van der Waals surface area (Å²) in [4.78, 5) is 24.2. The van der Waals surface area contributed by atoms with E-state index in [2.05, 4.69) is 5.32 Å². The Morgan fingerprint density at radius 2 is 2.33 bits per heavy atom. The summed E-state index contributed by atoms with van der Waals surface area (Å²) in [5, 5.41) is 12.1. The van der Waals surface area contributed by atoms with E-state index >= 15 is 0 Å². The maximum atomic E-state index is 11.2. The smallest absolute Gasteiger partial charge is 0.328 e. The highest BCUT2D eigenvalue weighted by Crippen LogP contribution is 1.96. The lowest BCUT2D eigenvalue weighted by Crippen LogP contribution is -2.36. The van der Waals surface area contributed by atoms with Gasteiger partial charge in [0.15, 0.2) is 0 Å².